The van der Waals surface area contributed by atoms with Crippen molar-refractivity contribution in [3.05, 3.63) is 29.6 Å². The Morgan fingerprint density at radius 1 is 1.22 bits per heavy atom. The van der Waals surface area contributed by atoms with Crippen molar-refractivity contribution in [1.82, 2.24) is 4.90 Å². The number of hydrogen-bond acceptors (Lipinski definition) is 4. The van der Waals surface area contributed by atoms with E-state index in [1.807, 2.05) is 17.8 Å². The number of hydrogen-bond donors (Lipinski definition) is 0. The van der Waals surface area contributed by atoms with Crippen LogP contribution in [-0.2, 0) is 11.3 Å². The van der Waals surface area contributed by atoms with E-state index in [2.05, 4.69) is 15.9 Å². The summed E-state index contributed by atoms with van der Waals surface area (Å²) in [7, 11) is 0. The number of rotatable bonds is 3. The summed E-state index contributed by atoms with van der Waals surface area (Å²) in [6, 6.07) is 6.11. The minimum Gasteiger partial charge on any atom is -0.380 e. The van der Waals surface area contributed by atoms with E-state index in [0.717, 1.165) is 62.8 Å². The van der Waals surface area contributed by atoms with Gasteiger partial charge in [0.25, 0.3) is 0 Å². The SMILES string of the molecule is Fc1cccc(N2CCCC2)c1CN1CCS[C@H]2COCC[C@H]21. The fourth-order valence-corrected chi connectivity index (χ4v) is 5.49. The van der Waals surface area contributed by atoms with Crippen LogP contribution >= 0.6 is 11.8 Å². The van der Waals surface area contributed by atoms with Gasteiger partial charge in [0.2, 0.25) is 0 Å². The van der Waals surface area contributed by atoms with Gasteiger partial charge in [-0.1, -0.05) is 6.07 Å². The molecule has 23 heavy (non-hydrogen) atoms. The molecule has 0 radical (unpaired) electrons. The second kappa shape index (κ2) is 6.99. The molecule has 3 aliphatic rings. The summed E-state index contributed by atoms with van der Waals surface area (Å²) in [5.74, 6) is 1.08. The van der Waals surface area contributed by atoms with Gasteiger partial charge in [0, 0.05) is 61.1 Å². The van der Waals surface area contributed by atoms with Crippen molar-refractivity contribution in [3.8, 4) is 0 Å². The molecule has 3 aliphatic heterocycles. The van der Waals surface area contributed by atoms with E-state index < -0.39 is 0 Å². The monoisotopic (exact) mass is 336 g/mol. The van der Waals surface area contributed by atoms with Crippen molar-refractivity contribution in [2.24, 2.45) is 0 Å². The average molecular weight is 336 g/mol. The standard InChI is InChI=1S/C18H25FN2OS/c19-15-4-3-5-16(20-7-1-2-8-20)14(15)12-21-9-11-23-18-13-22-10-6-17(18)21/h3-5,17-18H,1-2,6-13H2/t17-,18+/m1/s1. The molecule has 3 heterocycles. The van der Waals surface area contributed by atoms with Gasteiger partial charge >= 0.3 is 0 Å². The van der Waals surface area contributed by atoms with Gasteiger partial charge in [0.05, 0.1) is 6.61 Å². The van der Waals surface area contributed by atoms with Crippen molar-refractivity contribution >= 4 is 17.4 Å². The van der Waals surface area contributed by atoms with E-state index in [9.17, 15) is 4.39 Å². The zero-order valence-corrected chi connectivity index (χ0v) is 14.4. The second-order valence-electron chi connectivity index (χ2n) is 6.74. The molecule has 0 bridgehead atoms. The van der Waals surface area contributed by atoms with Crippen molar-refractivity contribution in [2.45, 2.75) is 37.1 Å². The number of thioether (sulfide) groups is 1. The first-order valence-electron chi connectivity index (χ1n) is 8.78. The molecule has 3 nitrogen and oxygen atoms in total. The molecular weight excluding hydrogens is 311 g/mol. The fourth-order valence-electron chi connectivity index (χ4n) is 4.12. The average Bonchev–Trinajstić information content (AvgIpc) is 3.11. The van der Waals surface area contributed by atoms with Gasteiger partial charge in [0.1, 0.15) is 5.82 Å². The van der Waals surface area contributed by atoms with Crippen LogP contribution in [-0.4, -0.2) is 54.8 Å². The highest BCUT2D eigenvalue weighted by Crippen LogP contribution is 2.34. The van der Waals surface area contributed by atoms with Gasteiger partial charge in [-0.05, 0) is 31.4 Å². The van der Waals surface area contributed by atoms with Gasteiger partial charge in [-0.25, -0.2) is 4.39 Å². The first-order chi connectivity index (χ1) is 11.3. The Balaban J connectivity index is 1.57. The summed E-state index contributed by atoms with van der Waals surface area (Å²) in [5, 5.41) is 0.555. The lowest BCUT2D eigenvalue weighted by molar-refractivity contribution is 0.0348. The molecule has 0 amide bonds. The summed E-state index contributed by atoms with van der Waals surface area (Å²) < 4.78 is 20.2. The molecule has 5 heteroatoms. The van der Waals surface area contributed by atoms with E-state index in [1.165, 1.54) is 12.8 Å². The molecule has 1 aromatic rings. The van der Waals surface area contributed by atoms with Crippen LogP contribution in [0, 0.1) is 5.82 Å². The number of benzene rings is 1. The summed E-state index contributed by atoms with van der Waals surface area (Å²) in [6.07, 6.45) is 3.52. The predicted octanol–water partition coefficient (Wildman–Crippen LogP) is 3.13. The number of fused-ring (bicyclic) bond motifs is 1. The van der Waals surface area contributed by atoms with Gasteiger partial charge in [-0.15, -0.1) is 0 Å². The maximum Gasteiger partial charge on any atom is 0.129 e. The zero-order chi connectivity index (χ0) is 15.6. The minimum absolute atomic E-state index is 0.0452. The van der Waals surface area contributed by atoms with Crippen LogP contribution in [0.25, 0.3) is 0 Å². The largest absolute Gasteiger partial charge is 0.380 e. The summed E-state index contributed by atoms with van der Waals surface area (Å²) in [4.78, 5) is 4.86. The van der Waals surface area contributed by atoms with Crippen LogP contribution in [0.2, 0.25) is 0 Å². The lowest BCUT2D eigenvalue weighted by Gasteiger charge is -2.43. The maximum atomic E-state index is 14.6. The Bertz CT molecular complexity index is 548. The highest BCUT2D eigenvalue weighted by atomic mass is 32.2. The Hall–Kier alpha value is -0.780. The molecule has 3 saturated heterocycles. The molecule has 0 N–H and O–H groups in total. The molecule has 0 aliphatic carbocycles. The van der Waals surface area contributed by atoms with E-state index in [-0.39, 0.29) is 5.82 Å². The molecule has 0 unspecified atom stereocenters. The highest BCUT2D eigenvalue weighted by molar-refractivity contribution is 8.00. The third-order valence-corrected chi connectivity index (χ3v) is 6.65. The number of halogens is 1. The molecule has 1 aromatic carbocycles. The van der Waals surface area contributed by atoms with Gasteiger partial charge in [-0.3, -0.25) is 4.90 Å². The van der Waals surface area contributed by atoms with Crippen LogP contribution in [0.5, 0.6) is 0 Å². The lowest BCUT2D eigenvalue weighted by Crippen LogP contribution is -2.51. The van der Waals surface area contributed by atoms with Gasteiger partial charge < -0.3 is 9.64 Å². The molecule has 0 aromatic heterocycles. The van der Waals surface area contributed by atoms with Crippen molar-refractivity contribution in [3.63, 3.8) is 0 Å². The van der Waals surface area contributed by atoms with Crippen molar-refractivity contribution < 1.29 is 9.13 Å². The molecule has 0 saturated carbocycles. The third kappa shape index (κ3) is 3.24. The van der Waals surface area contributed by atoms with Crippen LogP contribution < -0.4 is 4.90 Å². The Morgan fingerprint density at radius 3 is 2.96 bits per heavy atom. The van der Waals surface area contributed by atoms with Crippen molar-refractivity contribution in [1.29, 1.82) is 0 Å². The van der Waals surface area contributed by atoms with E-state index in [4.69, 9.17) is 4.74 Å². The Kier molecular flexibility index (Phi) is 4.78. The first-order valence-corrected chi connectivity index (χ1v) is 9.83. The third-order valence-electron chi connectivity index (χ3n) is 5.35. The summed E-state index contributed by atoms with van der Waals surface area (Å²) in [5.41, 5.74) is 2.01. The quantitative estimate of drug-likeness (QED) is 0.842. The topological polar surface area (TPSA) is 15.7 Å². The van der Waals surface area contributed by atoms with E-state index >= 15 is 0 Å². The zero-order valence-electron chi connectivity index (χ0n) is 13.5. The molecule has 2 atom stereocenters. The number of nitrogens with zero attached hydrogens (tertiary/aromatic N) is 2. The second-order valence-corrected chi connectivity index (χ2v) is 8.09. The van der Waals surface area contributed by atoms with E-state index in [0.29, 0.717) is 11.3 Å². The van der Waals surface area contributed by atoms with Crippen molar-refractivity contribution in [2.75, 3.05) is 43.5 Å². The lowest BCUT2D eigenvalue weighted by atomic mass is 10.0. The fraction of sp³-hybridized carbons (Fsp3) is 0.667. The summed E-state index contributed by atoms with van der Waals surface area (Å²) >= 11 is 2.02. The van der Waals surface area contributed by atoms with Gasteiger partial charge in [-0.2, -0.15) is 11.8 Å². The first kappa shape index (κ1) is 15.7. The van der Waals surface area contributed by atoms with Crippen LogP contribution in [0.1, 0.15) is 24.8 Å². The Morgan fingerprint density at radius 2 is 2.09 bits per heavy atom. The van der Waals surface area contributed by atoms with Crippen LogP contribution in [0.15, 0.2) is 18.2 Å². The van der Waals surface area contributed by atoms with Crippen LogP contribution in [0.3, 0.4) is 0 Å². The maximum absolute atomic E-state index is 14.6. The minimum atomic E-state index is -0.0452. The Labute approximate surface area is 142 Å². The smallest absolute Gasteiger partial charge is 0.129 e. The molecule has 0 spiro atoms. The van der Waals surface area contributed by atoms with Gasteiger partial charge in [0.15, 0.2) is 0 Å². The number of ether oxygens (including phenoxy) is 1. The summed E-state index contributed by atoms with van der Waals surface area (Å²) in [6.45, 7) is 5.61. The normalized spacial score (nSPS) is 28.8. The molecule has 126 valence electrons. The van der Waals surface area contributed by atoms with Crippen LogP contribution in [0.4, 0.5) is 10.1 Å². The molecule has 3 fully saturated rings. The number of anilines is 1. The molecule has 4 rings (SSSR count). The highest BCUT2D eigenvalue weighted by Gasteiger charge is 2.35. The van der Waals surface area contributed by atoms with E-state index in [1.54, 1.807) is 6.07 Å². The predicted molar refractivity (Wildman–Crippen MR) is 93.7 cm³/mol. The molecular formula is C18H25FN2OS.